The summed E-state index contributed by atoms with van der Waals surface area (Å²) in [6.07, 6.45) is 6.13. The van der Waals surface area contributed by atoms with Gasteiger partial charge >= 0.3 is 0 Å². The Kier molecular flexibility index (Phi) is 6.60. The molecule has 30 heavy (non-hydrogen) atoms. The second kappa shape index (κ2) is 9.72. The number of piperidine rings is 1. The Morgan fingerprint density at radius 3 is 2.60 bits per heavy atom. The van der Waals surface area contributed by atoms with Crippen LogP contribution < -0.4 is 5.32 Å². The van der Waals surface area contributed by atoms with Gasteiger partial charge in [0, 0.05) is 32.0 Å². The summed E-state index contributed by atoms with van der Waals surface area (Å²) in [6.45, 7) is 6.09. The second-order valence-corrected chi connectivity index (χ2v) is 8.27. The molecule has 1 aliphatic rings. The van der Waals surface area contributed by atoms with Crippen molar-refractivity contribution >= 4 is 5.91 Å². The molecule has 156 valence electrons. The van der Waals surface area contributed by atoms with E-state index in [4.69, 9.17) is 0 Å². The second-order valence-electron chi connectivity index (χ2n) is 8.27. The van der Waals surface area contributed by atoms with Crippen molar-refractivity contribution in [1.29, 1.82) is 0 Å². The summed E-state index contributed by atoms with van der Waals surface area (Å²) in [5, 5.41) is 7.47. The van der Waals surface area contributed by atoms with E-state index in [1.54, 1.807) is 10.9 Å². The van der Waals surface area contributed by atoms with Gasteiger partial charge in [-0.15, -0.1) is 0 Å². The Balaban J connectivity index is 1.46. The molecule has 2 unspecified atom stereocenters. The van der Waals surface area contributed by atoms with E-state index in [1.165, 1.54) is 24.0 Å². The minimum absolute atomic E-state index is 0.0497. The molecule has 5 heteroatoms. The third kappa shape index (κ3) is 4.97. The highest BCUT2D eigenvalue weighted by atomic mass is 16.2. The molecule has 0 aliphatic carbocycles. The van der Waals surface area contributed by atoms with Crippen molar-refractivity contribution in [2.75, 3.05) is 13.1 Å². The summed E-state index contributed by atoms with van der Waals surface area (Å²) >= 11 is 0. The Morgan fingerprint density at radius 1 is 1.10 bits per heavy atom. The van der Waals surface area contributed by atoms with Crippen molar-refractivity contribution < 1.29 is 4.79 Å². The lowest BCUT2D eigenvalue weighted by Gasteiger charge is -2.31. The fourth-order valence-corrected chi connectivity index (χ4v) is 4.33. The number of nitrogens with one attached hydrogen (secondary N) is 1. The number of amides is 1. The third-order valence-electron chi connectivity index (χ3n) is 5.86. The maximum atomic E-state index is 13.2. The topological polar surface area (TPSA) is 50.2 Å². The van der Waals surface area contributed by atoms with Crippen LogP contribution in [-0.2, 0) is 17.9 Å². The molecular formula is C25H30N4O. The highest BCUT2D eigenvalue weighted by Gasteiger charge is 2.23. The number of benzene rings is 2. The number of carbonyl (C=O) groups excluding carboxylic acids is 1. The minimum atomic E-state index is -0.476. The predicted octanol–water partition coefficient (Wildman–Crippen LogP) is 4.02. The van der Waals surface area contributed by atoms with Crippen LogP contribution in [0.4, 0.5) is 0 Å². The smallest absolute Gasteiger partial charge is 0.249 e. The van der Waals surface area contributed by atoms with Gasteiger partial charge in [-0.3, -0.25) is 14.4 Å². The summed E-state index contributed by atoms with van der Waals surface area (Å²) < 4.78 is 1.71. The van der Waals surface area contributed by atoms with Crippen LogP contribution in [0.3, 0.4) is 0 Å². The van der Waals surface area contributed by atoms with Crippen molar-refractivity contribution in [3.63, 3.8) is 0 Å². The maximum Gasteiger partial charge on any atom is 0.249 e. The molecule has 0 spiro atoms. The number of carbonyl (C=O) groups is 1. The highest BCUT2D eigenvalue weighted by Crippen LogP contribution is 2.21. The van der Waals surface area contributed by atoms with E-state index in [0.29, 0.717) is 6.54 Å². The zero-order valence-electron chi connectivity index (χ0n) is 17.6. The molecule has 1 saturated heterocycles. The van der Waals surface area contributed by atoms with Crippen molar-refractivity contribution in [2.45, 2.75) is 38.9 Å². The Labute approximate surface area is 178 Å². The molecule has 2 atom stereocenters. The van der Waals surface area contributed by atoms with Crippen LogP contribution in [0.15, 0.2) is 73.1 Å². The van der Waals surface area contributed by atoms with E-state index in [-0.39, 0.29) is 5.91 Å². The summed E-state index contributed by atoms with van der Waals surface area (Å²) in [4.78, 5) is 15.7. The summed E-state index contributed by atoms with van der Waals surface area (Å²) in [7, 11) is 0. The molecule has 0 saturated carbocycles. The summed E-state index contributed by atoms with van der Waals surface area (Å²) in [5.41, 5.74) is 3.40. The number of hydrogen-bond acceptors (Lipinski definition) is 3. The first-order valence-corrected chi connectivity index (χ1v) is 10.8. The zero-order valence-corrected chi connectivity index (χ0v) is 17.6. The first kappa shape index (κ1) is 20.4. The molecule has 1 aliphatic heterocycles. The fourth-order valence-electron chi connectivity index (χ4n) is 4.33. The van der Waals surface area contributed by atoms with Crippen LogP contribution in [0.5, 0.6) is 0 Å². The zero-order chi connectivity index (χ0) is 20.8. The molecule has 1 fully saturated rings. The SMILES string of the molecule is CC1CCCN(Cc2ccccc2CNC(=O)C(c2ccccc2)n2cccn2)C1. The number of hydrogen-bond donors (Lipinski definition) is 1. The average Bonchev–Trinajstić information content (AvgIpc) is 3.28. The van der Waals surface area contributed by atoms with Crippen LogP contribution in [-0.4, -0.2) is 33.7 Å². The minimum Gasteiger partial charge on any atom is -0.350 e. The molecule has 1 amide bonds. The van der Waals surface area contributed by atoms with Gasteiger partial charge in [0.2, 0.25) is 5.91 Å². The van der Waals surface area contributed by atoms with Gasteiger partial charge < -0.3 is 5.32 Å². The third-order valence-corrected chi connectivity index (χ3v) is 5.86. The number of aromatic nitrogens is 2. The molecule has 0 radical (unpaired) electrons. The summed E-state index contributed by atoms with van der Waals surface area (Å²) in [5.74, 6) is 0.706. The predicted molar refractivity (Wildman–Crippen MR) is 119 cm³/mol. The van der Waals surface area contributed by atoms with E-state index in [1.807, 2.05) is 48.7 Å². The molecule has 4 rings (SSSR count). The van der Waals surface area contributed by atoms with Crippen LogP contribution in [0, 0.1) is 5.92 Å². The van der Waals surface area contributed by atoms with Crippen molar-refractivity contribution in [2.24, 2.45) is 5.92 Å². The average molecular weight is 403 g/mol. The quantitative estimate of drug-likeness (QED) is 0.649. The van der Waals surface area contributed by atoms with Gasteiger partial charge in [0.15, 0.2) is 6.04 Å². The van der Waals surface area contributed by atoms with Crippen LogP contribution in [0.25, 0.3) is 0 Å². The number of nitrogens with zero attached hydrogens (tertiary/aromatic N) is 3. The van der Waals surface area contributed by atoms with Gasteiger partial charge in [-0.05, 0) is 48.1 Å². The van der Waals surface area contributed by atoms with Crippen LogP contribution >= 0.6 is 0 Å². The molecule has 1 aromatic heterocycles. The van der Waals surface area contributed by atoms with Gasteiger partial charge in [-0.2, -0.15) is 5.10 Å². The van der Waals surface area contributed by atoms with E-state index < -0.39 is 6.04 Å². The van der Waals surface area contributed by atoms with Gasteiger partial charge in [-0.1, -0.05) is 61.5 Å². The molecule has 2 heterocycles. The normalized spacial score (nSPS) is 18.1. The van der Waals surface area contributed by atoms with Crippen molar-refractivity contribution in [1.82, 2.24) is 20.0 Å². The molecule has 3 aromatic rings. The van der Waals surface area contributed by atoms with Crippen molar-refractivity contribution in [3.8, 4) is 0 Å². The Morgan fingerprint density at radius 2 is 1.87 bits per heavy atom. The van der Waals surface area contributed by atoms with E-state index >= 15 is 0 Å². The monoisotopic (exact) mass is 402 g/mol. The molecule has 5 nitrogen and oxygen atoms in total. The standard InChI is InChI=1S/C25H30N4O/c1-20-9-7-15-28(18-20)19-23-13-6-5-12-22(23)17-26-25(30)24(29-16-8-14-27-29)21-10-3-2-4-11-21/h2-6,8,10-14,16,20,24H,7,9,15,17-19H2,1H3,(H,26,30). The number of rotatable bonds is 7. The van der Waals surface area contributed by atoms with Crippen LogP contribution in [0.2, 0.25) is 0 Å². The maximum absolute atomic E-state index is 13.2. The Hall–Kier alpha value is -2.92. The van der Waals surface area contributed by atoms with Gasteiger partial charge in [-0.25, -0.2) is 0 Å². The van der Waals surface area contributed by atoms with Gasteiger partial charge in [0.05, 0.1) is 0 Å². The lowest BCUT2D eigenvalue weighted by atomic mass is 9.99. The number of likely N-dealkylation sites (tertiary alicyclic amines) is 1. The fraction of sp³-hybridized carbons (Fsp3) is 0.360. The molecule has 1 N–H and O–H groups in total. The summed E-state index contributed by atoms with van der Waals surface area (Å²) in [6, 6.07) is 19.6. The molecule has 2 aromatic carbocycles. The van der Waals surface area contributed by atoms with E-state index in [2.05, 4.69) is 40.4 Å². The van der Waals surface area contributed by atoms with Gasteiger partial charge in [0.1, 0.15) is 0 Å². The lowest BCUT2D eigenvalue weighted by molar-refractivity contribution is -0.123. The first-order valence-electron chi connectivity index (χ1n) is 10.8. The largest absolute Gasteiger partial charge is 0.350 e. The first-order chi connectivity index (χ1) is 14.7. The van der Waals surface area contributed by atoms with Crippen molar-refractivity contribution in [3.05, 3.63) is 89.7 Å². The van der Waals surface area contributed by atoms with Crippen LogP contribution in [0.1, 0.15) is 42.5 Å². The molecular weight excluding hydrogens is 372 g/mol. The van der Waals surface area contributed by atoms with E-state index in [9.17, 15) is 4.79 Å². The highest BCUT2D eigenvalue weighted by molar-refractivity contribution is 5.83. The Bertz CT molecular complexity index is 939. The van der Waals surface area contributed by atoms with Gasteiger partial charge in [0.25, 0.3) is 0 Å². The molecule has 0 bridgehead atoms. The van der Waals surface area contributed by atoms with E-state index in [0.717, 1.165) is 31.1 Å². The lowest BCUT2D eigenvalue weighted by Crippen LogP contribution is -2.35.